The minimum Gasteiger partial charge on any atom is -0.376 e. The number of alkyl halides is 1. The average Bonchev–Trinajstić information content (AvgIpc) is 2.76. The van der Waals surface area contributed by atoms with Crippen LogP contribution >= 0.6 is 22.9 Å². The Bertz CT molecular complexity index is 325. The van der Waals surface area contributed by atoms with Gasteiger partial charge in [0.1, 0.15) is 0 Å². The second-order valence-electron chi connectivity index (χ2n) is 4.79. The second-order valence-corrected chi connectivity index (χ2v) is 5.99. The highest BCUT2D eigenvalue weighted by Gasteiger charge is 2.14. The molecule has 1 aromatic heterocycles. The van der Waals surface area contributed by atoms with E-state index in [4.69, 9.17) is 16.3 Å². The first-order chi connectivity index (χ1) is 8.07. The number of unbranched alkanes of at least 4 members (excludes halogenated alkanes) is 1. The fourth-order valence-electron chi connectivity index (χ4n) is 1.35. The lowest BCUT2D eigenvalue weighted by atomic mass is 10.1. The van der Waals surface area contributed by atoms with Crippen LogP contribution in [0.25, 0.3) is 0 Å². The van der Waals surface area contributed by atoms with Crippen LogP contribution in [0.1, 0.15) is 50.7 Å². The van der Waals surface area contributed by atoms with Crippen molar-refractivity contribution in [3.05, 3.63) is 16.1 Å². The third kappa shape index (κ3) is 5.84. The SMILES string of the molecule is CCC(C)(C)OCCCCc1nc(CCl)cs1. The Hall–Kier alpha value is -0.120. The second kappa shape index (κ2) is 7.34. The molecule has 0 amide bonds. The van der Waals surface area contributed by atoms with Crippen LogP contribution < -0.4 is 0 Å². The van der Waals surface area contributed by atoms with Gasteiger partial charge in [0.05, 0.1) is 22.2 Å². The predicted molar refractivity (Wildman–Crippen MR) is 74.9 cm³/mol. The molecule has 0 aromatic carbocycles. The van der Waals surface area contributed by atoms with Crippen molar-refractivity contribution in [1.82, 2.24) is 4.98 Å². The Morgan fingerprint density at radius 2 is 2.18 bits per heavy atom. The zero-order valence-corrected chi connectivity index (χ0v) is 12.5. The lowest BCUT2D eigenvalue weighted by molar-refractivity contribution is -0.0214. The number of nitrogens with zero attached hydrogens (tertiary/aromatic N) is 1. The van der Waals surface area contributed by atoms with Gasteiger partial charge < -0.3 is 4.74 Å². The number of hydrogen-bond acceptors (Lipinski definition) is 3. The zero-order valence-electron chi connectivity index (χ0n) is 11.0. The average molecular weight is 276 g/mol. The van der Waals surface area contributed by atoms with Crippen LogP contribution in [0, 0.1) is 0 Å². The van der Waals surface area contributed by atoms with Gasteiger partial charge in [-0.3, -0.25) is 0 Å². The van der Waals surface area contributed by atoms with Crippen molar-refractivity contribution in [3.8, 4) is 0 Å². The fraction of sp³-hybridized carbons (Fsp3) is 0.769. The van der Waals surface area contributed by atoms with Crippen molar-refractivity contribution in [2.45, 2.75) is 57.9 Å². The molecule has 0 saturated heterocycles. The van der Waals surface area contributed by atoms with Crippen LogP contribution in [0.2, 0.25) is 0 Å². The standard InChI is InChI=1S/C13H22ClNOS/c1-4-13(2,3)16-8-6-5-7-12-15-11(9-14)10-17-12/h10H,4-9H2,1-3H3. The highest BCUT2D eigenvalue weighted by Crippen LogP contribution is 2.16. The summed E-state index contributed by atoms with van der Waals surface area (Å²) in [6.45, 7) is 7.28. The van der Waals surface area contributed by atoms with E-state index in [1.165, 1.54) is 5.01 Å². The maximum atomic E-state index is 5.80. The summed E-state index contributed by atoms with van der Waals surface area (Å²) in [4.78, 5) is 4.44. The largest absolute Gasteiger partial charge is 0.376 e. The molecule has 0 unspecified atom stereocenters. The molecule has 1 rings (SSSR count). The number of halogens is 1. The van der Waals surface area contributed by atoms with Gasteiger partial charge in [-0.2, -0.15) is 0 Å². The van der Waals surface area contributed by atoms with Gasteiger partial charge in [0, 0.05) is 12.0 Å². The fourth-order valence-corrected chi connectivity index (χ4v) is 2.42. The van der Waals surface area contributed by atoms with Crippen molar-refractivity contribution >= 4 is 22.9 Å². The van der Waals surface area contributed by atoms with E-state index in [1.54, 1.807) is 11.3 Å². The molecule has 0 aliphatic rings. The molecule has 0 aliphatic heterocycles. The molecule has 4 heteroatoms. The van der Waals surface area contributed by atoms with Crippen LogP contribution in [-0.4, -0.2) is 17.2 Å². The van der Waals surface area contributed by atoms with E-state index in [0.717, 1.165) is 38.0 Å². The summed E-state index contributed by atoms with van der Waals surface area (Å²) in [6, 6.07) is 0. The molecule has 0 bridgehead atoms. The van der Waals surface area contributed by atoms with E-state index in [1.807, 2.05) is 5.38 Å². The highest BCUT2D eigenvalue weighted by molar-refractivity contribution is 7.09. The molecular weight excluding hydrogens is 254 g/mol. The quantitative estimate of drug-likeness (QED) is 0.518. The molecule has 0 N–H and O–H groups in total. The first-order valence-electron chi connectivity index (χ1n) is 6.20. The van der Waals surface area contributed by atoms with Crippen LogP contribution in [0.15, 0.2) is 5.38 Å². The number of hydrogen-bond donors (Lipinski definition) is 0. The Balaban J connectivity index is 2.12. The molecule has 1 heterocycles. The minimum absolute atomic E-state index is 0.0208. The minimum atomic E-state index is 0.0208. The normalized spacial score (nSPS) is 12.0. The van der Waals surface area contributed by atoms with E-state index in [0.29, 0.717) is 5.88 Å². The number of aryl methyl sites for hydroxylation is 1. The van der Waals surface area contributed by atoms with E-state index in [9.17, 15) is 0 Å². The lowest BCUT2D eigenvalue weighted by Crippen LogP contribution is -2.23. The topological polar surface area (TPSA) is 22.1 Å². The van der Waals surface area contributed by atoms with E-state index in [-0.39, 0.29) is 5.60 Å². The van der Waals surface area contributed by atoms with Crippen LogP contribution in [0.4, 0.5) is 0 Å². The number of aromatic nitrogens is 1. The summed E-state index contributed by atoms with van der Waals surface area (Å²) < 4.78 is 5.80. The van der Waals surface area contributed by atoms with Gasteiger partial charge in [0.25, 0.3) is 0 Å². The Labute approximate surface area is 113 Å². The summed E-state index contributed by atoms with van der Waals surface area (Å²) in [7, 11) is 0. The molecule has 0 radical (unpaired) electrons. The molecule has 2 nitrogen and oxygen atoms in total. The van der Waals surface area contributed by atoms with E-state index in [2.05, 4.69) is 25.8 Å². The van der Waals surface area contributed by atoms with Gasteiger partial charge in [0.15, 0.2) is 0 Å². The lowest BCUT2D eigenvalue weighted by Gasteiger charge is -2.23. The molecular formula is C13H22ClNOS. The van der Waals surface area contributed by atoms with Gasteiger partial charge in [-0.25, -0.2) is 4.98 Å². The zero-order chi connectivity index (χ0) is 12.7. The van der Waals surface area contributed by atoms with Crippen molar-refractivity contribution < 1.29 is 4.74 Å². The van der Waals surface area contributed by atoms with Crippen molar-refractivity contribution in [1.29, 1.82) is 0 Å². The predicted octanol–water partition coefficient (Wildman–Crippen LogP) is 4.41. The Kier molecular flexibility index (Phi) is 6.45. The maximum absolute atomic E-state index is 5.80. The molecule has 0 atom stereocenters. The molecule has 0 aliphatic carbocycles. The van der Waals surface area contributed by atoms with Gasteiger partial charge in [0.2, 0.25) is 0 Å². The Morgan fingerprint density at radius 1 is 1.41 bits per heavy atom. The summed E-state index contributed by atoms with van der Waals surface area (Å²) in [5, 5.41) is 3.23. The maximum Gasteiger partial charge on any atom is 0.0928 e. The van der Waals surface area contributed by atoms with E-state index >= 15 is 0 Å². The molecule has 0 saturated carbocycles. The smallest absolute Gasteiger partial charge is 0.0928 e. The molecule has 17 heavy (non-hydrogen) atoms. The third-order valence-electron chi connectivity index (χ3n) is 2.87. The van der Waals surface area contributed by atoms with Gasteiger partial charge in [-0.05, 0) is 39.5 Å². The van der Waals surface area contributed by atoms with Crippen molar-refractivity contribution in [2.24, 2.45) is 0 Å². The number of ether oxygens (including phenoxy) is 1. The van der Waals surface area contributed by atoms with Crippen molar-refractivity contribution in [2.75, 3.05) is 6.61 Å². The van der Waals surface area contributed by atoms with Gasteiger partial charge in [-0.15, -0.1) is 22.9 Å². The molecule has 0 fully saturated rings. The summed E-state index contributed by atoms with van der Waals surface area (Å²) >= 11 is 7.42. The number of rotatable bonds is 8. The van der Waals surface area contributed by atoms with E-state index < -0.39 is 0 Å². The van der Waals surface area contributed by atoms with Crippen LogP contribution in [0.3, 0.4) is 0 Å². The van der Waals surface area contributed by atoms with Crippen LogP contribution in [0.5, 0.6) is 0 Å². The summed E-state index contributed by atoms with van der Waals surface area (Å²) in [5.41, 5.74) is 1.02. The summed E-state index contributed by atoms with van der Waals surface area (Å²) in [6.07, 6.45) is 4.32. The first-order valence-corrected chi connectivity index (χ1v) is 7.62. The number of thiazole rings is 1. The van der Waals surface area contributed by atoms with Crippen LogP contribution in [-0.2, 0) is 17.0 Å². The van der Waals surface area contributed by atoms with Gasteiger partial charge >= 0.3 is 0 Å². The van der Waals surface area contributed by atoms with Gasteiger partial charge in [-0.1, -0.05) is 6.92 Å². The molecule has 0 spiro atoms. The monoisotopic (exact) mass is 275 g/mol. The highest BCUT2D eigenvalue weighted by atomic mass is 35.5. The first kappa shape index (κ1) is 14.9. The molecule has 98 valence electrons. The summed E-state index contributed by atoms with van der Waals surface area (Å²) in [5.74, 6) is 0.518. The third-order valence-corrected chi connectivity index (χ3v) is 4.10. The van der Waals surface area contributed by atoms with Crippen molar-refractivity contribution in [3.63, 3.8) is 0 Å². The molecule has 1 aromatic rings. The Morgan fingerprint density at radius 3 is 2.76 bits per heavy atom.